The Morgan fingerprint density at radius 3 is 2.36 bits per heavy atom. The second kappa shape index (κ2) is 7.32. The third-order valence-electron chi connectivity index (χ3n) is 3.68. The van der Waals surface area contributed by atoms with Crippen molar-refractivity contribution in [3.8, 4) is 0 Å². The molecule has 0 atom stereocenters. The van der Waals surface area contributed by atoms with Crippen LogP contribution in [-0.2, 0) is 4.79 Å². The van der Waals surface area contributed by atoms with Crippen LogP contribution in [0.5, 0.6) is 0 Å². The molecule has 0 heterocycles. The van der Waals surface area contributed by atoms with Gasteiger partial charge in [-0.05, 0) is 49.6 Å². The van der Waals surface area contributed by atoms with Crippen LogP contribution < -0.4 is 10.6 Å². The van der Waals surface area contributed by atoms with Gasteiger partial charge in [0.15, 0.2) is 0 Å². The van der Waals surface area contributed by atoms with E-state index in [1.165, 1.54) is 11.1 Å². The van der Waals surface area contributed by atoms with E-state index in [1.54, 1.807) is 0 Å². The molecule has 0 aromatic heterocycles. The van der Waals surface area contributed by atoms with Crippen molar-refractivity contribution in [3.05, 3.63) is 58.1 Å². The molecule has 0 spiro atoms. The fourth-order valence-corrected chi connectivity index (χ4v) is 2.52. The Bertz CT molecular complexity index is 663. The Hall–Kier alpha value is -2.00. The zero-order valence-corrected chi connectivity index (χ0v) is 13.9. The number of hydrogen-bond acceptors (Lipinski definition) is 2. The van der Waals surface area contributed by atoms with Crippen molar-refractivity contribution >= 4 is 28.9 Å². The number of carbonyl (C=O) groups excluding carboxylic acids is 1. The fraction of sp³-hybridized carbons (Fsp3) is 0.278. The first-order valence-electron chi connectivity index (χ1n) is 7.34. The molecule has 2 aromatic carbocycles. The van der Waals surface area contributed by atoms with Gasteiger partial charge in [-0.15, -0.1) is 0 Å². The van der Waals surface area contributed by atoms with Gasteiger partial charge in [-0.25, -0.2) is 0 Å². The molecular formula is C18H21ClN2O. The summed E-state index contributed by atoms with van der Waals surface area (Å²) in [6.45, 7) is 6.61. The van der Waals surface area contributed by atoms with Crippen LogP contribution in [0.4, 0.5) is 11.4 Å². The maximum atomic E-state index is 12.0. The van der Waals surface area contributed by atoms with Gasteiger partial charge in [0.05, 0.1) is 0 Å². The van der Waals surface area contributed by atoms with Crippen molar-refractivity contribution in [2.45, 2.75) is 27.2 Å². The lowest BCUT2D eigenvalue weighted by Gasteiger charge is -2.13. The first kappa shape index (κ1) is 16.4. The quantitative estimate of drug-likeness (QED) is 0.839. The van der Waals surface area contributed by atoms with E-state index in [9.17, 15) is 4.79 Å². The number of hydrogen-bond donors (Lipinski definition) is 2. The average Bonchev–Trinajstić information content (AvgIpc) is 2.47. The topological polar surface area (TPSA) is 41.1 Å². The molecule has 2 aromatic rings. The average molecular weight is 317 g/mol. The number of nitrogens with one attached hydrogen (secondary N) is 2. The number of anilines is 2. The van der Waals surface area contributed by atoms with Gasteiger partial charge in [-0.2, -0.15) is 0 Å². The molecule has 0 unspecified atom stereocenters. The molecule has 0 saturated heterocycles. The number of rotatable bonds is 5. The minimum atomic E-state index is -0.0240. The van der Waals surface area contributed by atoms with Gasteiger partial charge in [0, 0.05) is 29.4 Å². The van der Waals surface area contributed by atoms with E-state index in [4.69, 9.17) is 11.6 Å². The summed E-state index contributed by atoms with van der Waals surface area (Å²) in [6, 6.07) is 11.7. The number of para-hydroxylation sites is 1. The molecular weight excluding hydrogens is 296 g/mol. The van der Waals surface area contributed by atoms with E-state index < -0.39 is 0 Å². The lowest BCUT2D eigenvalue weighted by Crippen LogP contribution is -2.17. The predicted octanol–water partition coefficient (Wildman–Crippen LogP) is 4.71. The molecule has 0 aliphatic heterocycles. The number of carbonyl (C=O) groups is 1. The standard InChI is InChI=1S/C18H21ClN2O/c1-12-6-4-7-13(2)18(12)20-11-10-17(22)21-16-9-5-8-15(19)14(16)3/h4-9,20H,10-11H2,1-3H3,(H,21,22). The second-order valence-electron chi connectivity index (χ2n) is 5.40. The third-order valence-corrected chi connectivity index (χ3v) is 4.09. The minimum absolute atomic E-state index is 0.0240. The largest absolute Gasteiger partial charge is 0.384 e. The molecule has 3 nitrogen and oxygen atoms in total. The Kier molecular flexibility index (Phi) is 5.45. The monoisotopic (exact) mass is 316 g/mol. The highest BCUT2D eigenvalue weighted by Crippen LogP contribution is 2.23. The Balaban J connectivity index is 1.90. The maximum Gasteiger partial charge on any atom is 0.226 e. The SMILES string of the molecule is Cc1cccc(C)c1NCCC(=O)Nc1cccc(Cl)c1C. The molecule has 0 aliphatic carbocycles. The molecule has 0 bridgehead atoms. The van der Waals surface area contributed by atoms with Gasteiger partial charge in [0.2, 0.25) is 5.91 Å². The summed E-state index contributed by atoms with van der Waals surface area (Å²) in [7, 11) is 0. The number of amides is 1. The molecule has 2 N–H and O–H groups in total. The molecule has 2 rings (SSSR count). The number of halogens is 1. The van der Waals surface area contributed by atoms with Crippen molar-refractivity contribution in [2.75, 3.05) is 17.2 Å². The van der Waals surface area contributed by atoms with E-state index in [2.05, 4.69) is 36.6 Å². The highest BCUT2D eigenvalue weighted by molar-refractivity contribution is 6.31. The van der Waals surface area contributed by atoms with Crippen molar-refractivity contribution in [1.82, 2.24) is 0 Å². The van der Waals surface area contributed by atoms with Gasteiger partial charge in [0.1, 0.15) is 0 Å². The van der Waals surface area contributed by atoms with Crippen molar-refractivity contribution in [1.29, 1.82) is 0 Å². The van der Waals surface area contributed by atoms with Gasteiger partial charge in [-0.3, -0.25) is 4.79 Å². The molecule has 22 heavy (non-hydrogen) atoms. The van der Waals surface area contributed by atoms with Gasteiger partial charge >= 0.3 is 0 Å². The maximum absolute atomic E-state index is 12.0. The van der Waals surface area contributed by atoms with E-state index in [1.807, 2.05) is 31.2 Å². The van der Waals surface area contributed by atoms with Crippen molar-refractivity contribution in [3.63, 3.8) is 0 Å². The molecule has 0 saturated carbocycles. The van der Waals surface area contributed by atoms with E-state index in [-0.39, 0.29) is 5.91 Å². The Labute approximate surface area is 136 Å². The summed E-state index contributed by atoms with van der Waals surface area (Å²) < 4.78 is 0. The summed E-state index contributed by atoms with van der Waals surface area (Å²) in [5.41, 5.74) is 5.14. The smallest absolute Gasteiger partial charge is 0.226 e. The van der Waals surface area contributed by atoms with Gasteiger partial charge in [-0.1, -0.05) is 35.9 Å². The number of benzene rings is 2. The highest BCUT2D eigenvalue weighted by Gasteiger charge is 2.07. The Morgan fingerprint density at radius 2 is 1.68 bits per heavy atom. The molecule has 0 fully saturated rings. The zero-order chi connectivity index (χ0) is 16.1. The van der Waals surface area contributed by atoms with Crippen LogP contribution in [0.15, 0.2) is 36.4 Å². The molecule has 1 amide bonds. The molecule has 0 aliphatic rings. The van der Waals surface area contributed by atoms with Crippen LogP contribution >= 0.6 is 11.6 Å². The summed E-state index contributed by atoms with van der Waals surface area (Å²) in [5.74, 6) is -0.0240. The molecule has 0 radical (unpaired) electrons. The third kappa shape index (κ3) is 4.01. The van der Waals surface area contributed by atoms with Crippen LogP contribution in [0, 0.1) is 20.8 Å². The lowest BCUT2D eigenvalue weighted by molar-refractivity contribution is -0.115. The zero-order valence-electron chi connectivity index (χ0n) is 13.2. The summed E-state index contributed by atoms with van der Waals surface area (Å²) in [5, 5.41) is 6.90. The van der Waals surface area contributed by atoms with Crippen LogP contribution in [0.25, 0.3) is 0 Å². The Morgan fingerprint density at radius 1 is 1.05 bits per heavy atom. The van der Waals surface area contributed by atoms with E-state index in [0.717, 1.165) is 16.9 Å². The lowest BCUT2D eigenvalue weighted by atomic mass is 10.1. The summed E-state index contributed by atoms with van der Waals surface area (Å²) in [4.78, 5) is 12.0. The molecule has 116 valence electrons. The summed E-state index contributed by atoms with van der Waals surface area (Å²) >= 11 is 6.05. The second-order valence-corrected chi connectivity index (χ2v) is 5.81. The minimum Gasteiger partial charge on any atom is -0.384 e. The van der Waals surface area contributed by atoms with Gasteiger partial charge < -0.3 is 10.6 Å². The molecule has 4 heteroatoms. The van der Waals surface area contributed by atoms with Crippen molar-refractivity contribution in [2.24, 2.45) is 0 Å². The van der Waals surface area contributed by atoms with E-state index >= 15 is 0 Å². The first-order chi connectivity index (χ1) is 10.5. The summed E-state index contributed by atoms with van der Waals surface area (Å²) in [6.07, 6.45) is 0.403. The normalized spacial score (nSPS) is 10.4. The highest BCUT2D eigenvalue weighted by atomic mass is 35.5. The number of aryl methyl sites for hydroxylation is 2. The van der Waals surface area contributed by atoms with Crippen LogP contribution in [0.2, 0.25) is 5.02 Å². The van der Waals surface area contributed by atoms with Crippen molar-refractivity contribution < 1.29 is 4.79 Å². The van der Waals surface area contributed by atoms with Crippen LogP contribution in [-0.4, -0.2) is 12.5 Å². The van der Waals surface area contributed by atoms with Crippen LogP contribution in [0.1, 0.15) is 23.1 Å². The van der Waals surface area contributed by atoms with E-state index in [0.29, 0.717) is 18.0 Å². The first-order valence-corrected chi connectivity index (χ1v) is 7.72. The van der Waals surface area contributed by atoms with Crippen LogP contribution in [0.3, 0.4) is 0 Å². The predicted molar refractivity (Wildman–Crippen MR) is 93.8 cm³/mol. The fourth-order valence-electron chi connectivity index (χ4n) is 2.35. The van der Waals surface area contributed by atoms with Gasteiger partial charge in [0.25, 0.3) is 0 Å².